The van der Waals surface area contributed by atoms with Gasteiger partial charge >= 0.3 is 0 Å². The van der Waals surface area contributed by atoms with Crippen molar-refractivity contribution in [2.75, 3.05) is 38.7 Å². The summed E-state index contributed by atoms with van der Waals surface area (Å²) in [5.74, 6) is 1.04. The Balaban J connectivity index is 1.41. The van der Waals surface area contributed by atoms with Gasteiger partial charge in [-0.15, -0.1) is 0 Å². The van der Waals surface area contributed by atoms with E-state index in [1.54, 1.807) is 12.1 Å². The highest BCUT2D eigenvalue weighted by molar-refractivity contribution is 7.89. The van der Waals surface area contributed by atoms with Crippen LogP contribution < -0.4 is 10.1 Å². The number of carbonyl (C=O) groups excluding carboxylic acids is 1. The van der Waals surface area contributed by atoms with Gasteiger partial charge in [-0.25, -0.2) is 8.42 Å². The Morgan fingerprint density at radius 3 is 2.45 bits per heavy atom. The van der Waals surface area contributed by atoms with Crippen LogP contribution in [0.4, 0.5) is 5.69 Å². The minimum atomic E-state index is -3.85. The number of amides is 1. The van der Waals surface area contributed by atoms with Gasteiger partial charge in [0.25, 0.3) is 5.91 Å². The largest absolute Gasteiger partial charge is 0.497 e. The van der Waals surface area contributed by atoms with Crippen molar-refractivity contribution in [3.05, 3.63) is 66.4 Å². The third kappa shape index (κ3) is 7.13. The lowest BCUT2D eigenvalue weighted by molar-refractivity contribution is -0.148. The molecule has 1 aliphatic carbocycles. The Morgan fingerprint density at radius 2 is 1.79 bits per heavy atom. The van der Waals surface area contributed by atoms with Crippen molar-refractivity contribution in [3.8, 4) is 5.75 Å². The van der Waals surface area contributed by atoms with E-state index < -0.39 is 16.3 Å². The van der Waals surface area contributed by atoms with Gasteiger partial charge < -0.3 is 24.6 Å². The topological polar surface area (TPSA) is 114 Å². The van der Waals surface area contributed by atoms with Crippen LogP contribution in [0.25, 0.3) is 0 Å². The molecule has 1 saturated carbocycles. The van der Waals surface area contributed by atoms with Gasteiger partial charge in [-0.3, -0.25) is 4.79 Å². The maximum absolute atomic E-state index is 13.2. The van der Waals surface area contributed by atoms with E-state index in [4.69, 9.17) is 14.2 Å². The average molecular weight is 545 g/mol. The van der Waals surface area contributed by atoms with Crippen LogP contribution in [0.1, 0.15) is 32.1 Å². The number of nitrogens with zero attached hydrogens (tertiary/aromatic N) is 1. The normalized spacial score (nSPS) is 20.1. The summed E-state index contributed by atoms with van der Waals surface area (Å²) >= 11 is 0. The number of hydrogen-bond acceptors (Lipinski definition) is 7. The fraction of sp³-hybridized carbons (Fsp3) is 0.464. The molecule has 2 N–H and O–H groups in total. The smallest absolute Gasteiger partial charge is 0.290 e. The molecule has 2 aromatic carbocycles. The third-order valence-corrected chi connectivity index (χ3v) is 8.95. The fourth-order valence-corrected chi connectivity index (χ4v) is 6.43. The van der Waals surface area contributed by atoms with Gasteiger partial charge in [-0.1, -0.05) is 31.0 Å². The number of aliphatic hydroxyl groups is 1. The highest BCUT2D eigenvalue weighted by Gasteiger charge is 2.34. The molecule has 2 aromatic rings. The molecule has 206 valence electrons. The van der Waals surface area contributed by atoms with E-state index in [1.165, 1.54) is 36.4 Å². The second-order valence-corrected chi connectivity index (χ2v) is 11.5. The molecular weight excluding hydrogens is 508 g/mol. The number of rotatable bonds is 12. The summed E-state index contributed by atoms with van der Waals surface area (Å²) in [7, 11) is -2.34. The molecule has 38 heavy (non-hydrogen) atoms. The van der Waals surface area contributed by atoms with E-state index >= 15 is 0 Å². The highest BCUT2D eigenvalue weighted by atomic mass is 32.2. The summed E-state index contributed by atoms with van der Waals surface area (Å²) < 4.78 is 44.6. The summed E-state index contributed by atoms with van der Waals surface area (Å²) in [5, 5.41) is 12.4. The number of allylic oxidation sites excluding steroid dienone is 1. The van der Waals surface area contributed by atoms with Crippen molar-refractivity contribution in [1.29, 1.82) is 0 Å². The Labute approximate surface area is 224 Å². The molecule has 1 amide bonds. The Morgan fingerprint density at radius 1 is 1.08 bits per heavy atom. The lowest BCUT2D eigenvalue weighted by Crippen LogP contribution is -2.38. The molecule has 0 radical (unpaired) electrons. The Bertz CT molecular complexity index is 1180. The standard InChI is InChI=1S/C28H36N2O7S/c1-35-24-11-13-25(14-12-24)38(33,34)30(15-17-31)16-18-36-27-20-22(21-7-5-6-8-21)19-26(37-27)28(32)29-23-9-3-2-4-10-23/h2-4,9-14,19,21-22,27,31H,5-8,15-18,20H2,1H3,(H,29,32)/t22-,27+/m0/s1. The molecule has 0 saturated heterocycles. The van der Waals surface area contributed by atoms with E-state index in [-0.39, 0.29) is 48.8 Å². The molecule has 0 spiro atoms. The van der Waals surface area contributed by atoms with Crippen molar-refractivity contribution in [2.45, 2.75) is 43.3 Å². The van der Waals surface area contributed by atoms with E-state index in [0.29, 0.717) is 23.8 Å². The number of ether oxygens (including phenoxy) is 3. The molecule has 1 aliphatic heterocycles. The van der Waals surface area contributed by atoms with Crippen LogP contribution >= 0.6 is 0 Å². The molecule has 0 aromatic heterocycles. The predicted molar refractivity (Wildman–Crippen MR) is 143 cm³/mol. The number of hydrogen-bond donors (Lipinski definition) is 2. The number of nitrogens with one attached hydrogen (secondary N) is 1. The SMILES string of the molecule is COc1ccc(S(=O)(=O)N(CCO)CCO[C@H]2C[C@@H](C3CCCC3)C=C(C(=O)Nc3ccccc3)O2)cc1. The first-order valence-corrected chi connectivity index (χ1v) is 14.5. The summed E-state index contributed by atoms with van der Waals surface area (Å²) in [6, 6.07) is 15.3. The number of aliphatic hydroxyl groups excluding tert-OH is 1. The maximum atomic E-state index is 13.2. The number of anilines is 1. The van der Waals surface area contributed by atoms with Crippen LogP contribution in [0.3, 0.4) is 0 Å². The van der Waals surface area contributed by atoms with E-state index in [0.717, 1.165) is 12.8 Å². The number of carbonyl (C=O) groups is 1. The predicted octanol–water partition coefficient (Wildman–Crippen LogP) is 3.77. The van der Waals surface area contributed by atoms with E-state index in [1.807, 2.05) is 36.4 Å². The van der Waals surface area contributed by atoms with Crippen molar-refractivity contribution >= 4 is 21.6 Å². The van der Waals surface area contributed by atoms with Crippen LogP contribution in [0.5, 0.6) is 5.75 Å². The van der Waals surface area contributed by atoms with Crippen LogP contribution in [-0.2, 0) is 24.3 Å². The lowest BCUT2D eigenvalue weighted by atomic mass is 9.86. The minimum Gasteiger partial charge on any atom is -0.497 e. The van der Waals surface area contributed by atoms with Crippen molar-refractivity contribution < 1.29 is 32.5 Å². The zero-order valence-corrected chi connectivity index (χ0v) is 22.4. The van der Waals surface area contributed by atoms with Crippen LogP contribution in [0, 0.1) is 11.8 Å². The molecule has 1 fully saturated rings. The van der Waals surface area contributed by atoms with Gasteiger partial charge in [-0.05, 0) is 67.2 Å². The van der Waals surface area contributed by atoms with Crippen molar-refractivity contribution in [1.82, 2.24) is 4.31 Å². The van der Waals surface area contributed by atoms with Gasteiger partial charge in [0.1, 0.15) is 5.75 Å². The quantitative estimate of drug-likeness (QED) is 0.418. The first kappa shape index (κ1) is 28.1. The number of sulfonamides is 1. The summed E-state index contributed by atoms with van der Waals surface area (Å²) in [4.78, 5) is 13.1. The molecule has 9 nitrogen and oxygen atoms in total. The maximum Gasteiger partial charge on any atom is 0.290 e. The number of methoxy groups -OCH3 is 1. The molecule has 0 unspecified atom stereocenters. The molecule has 4 rings (SSSR count). The molecule has 2 atom stereocenters. The van der Waals surface area contributed by atoms with E-state index in [9.17, 15) is 18.3 Å². The zero-order chi connectivity index (χ0) is 27.0. The first-order valence-electron chi connectivity index (χ1n) is 13.0. The number of benzene rings is 2. The first-order chi connectivity index (χ1) is 18.4. The molecule has 2 aliphatic rings. The van der Waals surface area contributed by atoms with Crippen molar-refractivity contribution in [3.63, 3.8) is 0 Å². The highest BCUT2D eigenvalue weighted by Crippen LogP contribution is 2.38. The van der Waals surface area contributed by atoms with Gasteiger partial charge in [0.05, 0.1) is 25.2 Å². The van der Waals surface area contributed by atoms with Crippen LogP contribution in [0.2, 0.25) is 0 Å². The van der Waals surface area contributed by atoms with Crippen LogP contribution in [-0.4, -0.2) is 63.4 Å². The van der Waals surface area contributed by atoms with E-state index in [2.05, 4.69) is 5.32 Å². The molecular formula is C28H36N2O7S. The zero-order valence-electron chi connectivity index (χ0n) is 21.6. The third-order valence-electron chi connectivity index (χ3n) is 7.04. The van der Waals surface area contributed by atoms with Gasteiger partial charge in [0.2, 0.25) is 16.3 Å². The monoisotopic (exact) mass is 544 g/mol. The number of para-hydroxylation sites is 1. The van der Waals surface area contributed by atoms with Gasteiger partial charge in [-0.2, -0.15) is 4.31 Å². The molecule has 1 heterocycles. The molecule has 0 bridgehead atoms. The second kappa shape index (κ2) is 13.2. The summed E-state index contributed by atoms with van der Waals surface area (Å²) in [6.45, 7) is -0.326. The van der Waals surface area contributed by atoms with Crippen molar-refractivity contribution in [2.24, 2.45) is 11.8 Å². The summed E-state index contributed by atoms with van der Waals surface area (Å²) in [6.07, 6.45) is 6.39. The fourth-order valence-electron chi connectivity index (χ4n) is 5.02. The van der Waals surface area contributed by atoms with Crippen LogP contribution in [0.15, 0.2) is 71.3 Å². The van der Waals surface area contributed by atoms with Gasteiger partial charge in [0.15, 0.2) is 5.76 Å². The minimum absolute atomic E-state index is 0.0259. The second-order valence-electron chi connectivity index (χ2n) is 9.52. The van der Waals surface area contributed by atoms with Gasteiger partial charge in [0, 0.05) is 25.2 Å². The summed E-state index contributed by atoms with van der Waals surface area (Å²) in [5.41, 5.74) is 0.672. The lowest BCUT2D eigenvalue weighted by Gasteiger charge is -2.32. The average Bonchev–Trinajstić information content (AvgIpc) is 3.48. The Kier molecular flexibility index (Phi) is 9.79. The Hall–Kier alpha value is -2.92. The molecule has 10 heteroatoms.